The van der Waals surface area contributed by atoms with E-state index in [0.717, 1.165) is 10.2 Å². The van der Waals surface area contributed by atoms with E-state index in [9.17, 15) is 0 Å². The summed E-state index contributed by atoms with van der Waals surface area (Å²) in [7, 11) is 0. The fraction of sp³-hybridized carbons (Fsp3) is 0.600. The molecule has 90 valence electrons. The Morgan fingerprint density at radius 1 is 1.56 bits per heavy atom. The zero-order chi connectivity index (χ0) is 11.5. The summed E-state index contributed by atoms with van der Waals surface area (Å²) in [5, 5.41) is 1.03. The van der Waals surface area contributed by atoms with E-state index in [2.05, 4.69) is 28.3 Å². The highest BCUT2D eigenvalue weighted by Gasteiger charge is 2.33. The first-order valence-corrected chi connectivity index (χ1v) is 8.05. The van der Waals surface area contributed by atoms with Crippen molar-refractivity contribution in [3.63, 3.8) is 0 Å². The van der Waals surface area contributed by atoms with Gasteiger partial charge in [-0.05, 0) is 22.0 Å². The van der Waals surface area contributed by atoms with Crippen molar-refractivity contribution in [1.29, 1.82) is 0 Å². The second-order valence-electron chi connectivity index (χ2n) is 3.69. The molecule has 3 unspecified atom stereocenters. The van der Waals surface area contributed by atoms with Crippen molar-refractivity contribution in [1.82, 2.24) is 5.43 Å². The molecule has 1 aliphatic rings. The number of rotatable bonds is 3. The first-order valence-electron chi connectivity index (χ1n) is 5.16. The summed E-state index contributed by atoms with van der Waals surface area (Å²) in [4.78, 5) is 0. The van der Waals surface area contributed by atoms with Gasteiger partial charge in [0, 0.05) is 22.0 Å². The van der Waals surface area contributed by atoms with Crippen LogP contribution in [0.4, 0.5) is 0 Å². The predicted octanol–water partition coefficient (Wildman–Crippen LogP) is 2.78. The number of hydrogen-bond acceptors (Lipinski definition) is 5. The topological polar surface area (TPSA) is 51.2 Å². The van der Waals surface area contributed by atoms with Crippen LogP contribution in [0.2, 0.25) is 0 Å². The number of furan rings is 1. The normalized spacial score (nSPS) is 27.9. The van der Waals surface area contributed by atoms with E-state index in [1.54, 1.807) is 6.26 Å². The third-order valence-electron chi connectivity index (χ3n) is 2.67. The lowest BCUT2D eigenvalue weighted by atomic mass is 10.1. The summed E-state index contributed by atoms with van der Waals surface area (Å²) in [6.07, 6.45) is 1.69. The minimum absolute atomic E-state index is 0.0668. The average Bonchev–Trinajstić information content (AvgIpc) is 2.69. The molecule has 0 amide bonds. The maximum Gasteiger partial charge on any atom is 0.137 e. The van der Waals surface area contributed by atoms with Gasteiger partial charge in [0.25, 0.3) is 0 Å². The van der Waals surface area contributed by atoms with Gasteiger partial charge in [0.05, 0.1) is 16.8 Å². The summed E-state index contributed by atoms with van der Waals surface area (Å²) < 4.78 is 6.49. The Balaban J connectivity index is 2.18. The van der Waals surface area contributed by atoms with Crippen LogP contribution in [0.25, 0.3) is 0 Å². The summed E-state index contributed by atoms with van der Waals surface area (Å²) >= 11 is 7.46. The van der Waals surface area contributed by atoms with E-state index in [-0.39, 0.29) is 6.04 Å². The van der Waals surface area contributed by atoms with Crippen molar-refractivity contribution < 1.29 is 4.42 Å². The van der Waals surface area contributed by atoms with Gasteiger partial charge in [0.15, 0.2) is 0 Å². The molecule has 0 bridgehead atoms. The van der Waals surface area contributed by atoms with Crippen LogP contribution in [-0.4, -0.2) is 22.0 Å². The third kappa shape index (κ3) is 2.61. The molecule has 1 aromatic rings. The summed E-state index contributed by atoms with van der Waals surface area (Å²) in [5.41, 5.74) is 2.89. The second-order valence-corrected chi connectivity index (χ2v) is 7.31. The lowest BCUT2D eigenvalue weighted by molar-refractivity contribution is 0.405. The lowest BCUT2D eigenvalue weighted by Crippen LogP contribution is -2.40. The molecule has 1 saturated heterocycles. The van der Waals surface area contributed by atoms with E-state index < -0.39 is 0 Å². The Morgan fingerprint density at radius 2 is 2.31 bits per heavy atom. The molecule has 2 heterocycles. The molecule has 0 aliphatic carbocycles. The fourth-order valence-corrected chi connectivity index (χ4v) is 5.21. The first kappa shape index (κ1) is 12.8. The molecule has 3 nitrogen and oxygen atoms in total. The number of nitrogens with two attached hydrogens (primary N) is 1. The molecule has 2 rings (SSSR count). The number of halogens is 1. The van der Waals surface area contributed by atoms with Gasteiger partial charge in [0.1, 0.15) is 5.76 Å². The molecule has 1 aliphatic heterocycles. The van der Waals surface area contributed by atoms with E-state index in [1.165, 1.54) is 11.5 Å². The van der Waals surface area contributed by atoms with Crippen LogP contribution in [-0.2, 0) is 0 Å². The summed E-state index contributed by atoms with van der Waals surface area (Å²) in [6.45, 7) is 2.25. The van der Waals surface area contributed by atoms with Gasteiger partial charge in [-0.3, -0.25) is 5.84 Å². The number of thioether (sulfide) groups is 2. The molecule has 1 aromatic heterocycles. The van der Waals surface area contributed by atoms with Gasteiger partial charge in [-0.15, -0.1) is 0 Å². The Morgan fingerprint density at radius 3 is 2.88 bits per heavy atom. The zero-order valence-corrected chi connectivity index (χ0v) is 12.2. The highest BCUT2D eigenvalue weighted by molar-refractivity contribution is 9.10. The molecule has 3 N–H and O–H groups in total. The minimum atomic E-state index is 0.0668. The van der Waals surface area contributed by atoms with Gasteiger partial charge in [-0.2, -0.15) is 23.5 Å². The smallest absolute Gasteiger partial charge is 0.137 e. The highest BCUT2D eigenvalue weighted by atomic mass is 79.9. The van der Waals surface area contributed by atoms with Crippen LogP contribution in [0.1, 0.15) is 18.7 Å². The summed E-state index contributed by atoms with van der Waals surface area (Å²) in [6, 6.07) is 1.97. The lowest BCUT2D eigenvalue weighted by Gasteiger charge is -2.33. The average molecular weight is 323 g/mol. The van der Waals surface area contributed by atoms with Gasteiger partial charge in [0.2, 0.25) is 0 Å². The maximum absolute atomic E-state index is 5.67. The quantitative estimate of drug-likeness (QED) is 0.662. The molecule has 0 saturated carbocycles. The standard InChI is InChI=1S/C10H15BrN2OS2/c1-6-10(16-5-4-15-6)8(13-12)9-7(11)2-3-14-9/h2-3,6,8,10,13H,4-5,12H2,1H3. The van der Waals surface area contributed by atoms with E-state index in [0.29, 0.717) is 10.5 Å². The monoisotopic (exact) mass is 322 g/mol. The molecule has 0 aromatic carbocycles. The van der Waals surface area contributed by atoms with Gasteiger partial charge >= 0.3 is 0 Å². The number of hydrazine groups is 1. The van der Waals surface area contributed by atoms with Gasteiger partial charge in [-0.1, -0.05) is 6.92 Å². The number of hydrogen-bond donors (Lipinski definition) is 2. The molecule has 0 radical (unpaired) electrons. The molecule has 0 spiro atoms. The Hall–Kier alpha value is 0.380. The minimum Gasteiger partial charge on any atom is -0.466 e. The molecule has 3 atom stereocenters. The van der Waals surface area contributed by atoms with E-state index in [1.807, 2.05) is 29.6 Å². The van der Waals surface area contributed by atoms with Crippen LogP contribution < -0.4 is 11.3 Å². The first-order chi connectivity index (χ1) is 7.74. The van der Waals surface area contributed by atoms with E-state index >= 15 is 0 Å². The Kier molecular flexibility index (Phi) is 4.66. The van der Waals surface area contributed by atoms with Crippen molar-refractivity contribution in [3.05, 3.63) is 22.6 Å². The van der Waals surface area contributed by atoms with Crippen LogP contribution in [0.5, 0.6) is 0 Å². The predicted molar refractivity (Wildman–Crippen MR) is 74.6 cm³/mol. The molecular weight excluding hydrogens is 308 g/mol. The van der Waals surface area contributed by atoms with E-state index in [4.69, 9.17) is 10.3 Å². The Labute approximate surface area is 112 Å². The van der Waals surface area contributed by atoms with Crippen LogP contribution >= 0.6 is 39.5 Å². The molecule has 16 heavy (non-hydrogen) atoms. The van der Waals surface area contributed by atoms with Crippen molar-refractivity contribution in [2.24, 2.45) is 5.84 Å². The highest BCUT2D eigenvalue weighted by Crippen LogP contribution is 2.40. The van der Waals surface area contributed by atoms with Gasteiger partial charge in [-0.25, -0.2) is 5.43 Å². The molecule has 6 heteroatoms. The van der Waals surface area contributed by atoms with Crippen LogP contribution in [0.3, 0.4) is 0 Å². The maximum atomic E-state index is 5.67. The third-order valence-corrected chi connectivity index (χ3v) is 6.52. The zero-order valence-electron chi connectivity index (χ0n) is 8.98. The largest absolute Gasteiger partial charge is 0.466 e. The van der Waals surface area contributed by atoms with Gasteiger partial charge < -0.3 is 4.42 Å². The van der Waals surface area contributed by atoms with Crippen molar-refractivity contribution >= 4 is 39.5 Å². The van der Waals surface area contributed by atoms with Crippen molar-refractivity contribution in [2.75, 3.05) is 11.5 Å². The molecule has 1 fully saturated rings. The fourth-order valence-electron chi connectivity index (χ4n) is 1.86. The van der Waals surface area contributed by atoms with Crippen LogP contribution in [0.15, 0.2) is 21.2 Å². The second kappa shape index (κ2) is 5.82. The SMILES string of the molecule is CC1SCCSC1C(NN)c1occc1Br. The summed E-state index contributed by atoms with van der Waals surface area (Å²) in [5.74, 6) is 8.97. The Bertz CT molecular complexity index is 347. The number of nitrogens with one attached hydrogen (secondary N) is 1. The molecular formula is C10H15BrN2OS2. The van der Waals surface area contributed by atoms with Crippen molar-refractivity contribution in [3.8, 4) is 0 Å². The van der Waals surface area contributed by atoms with Crippen molar-refractivity contribution in [2.45, 2.75) is 23.5 Å². The van der Waals surface area contributed by atoms with Crippen LogP contribution in [0, 0.1) is 0 Å².